The first kappa shape index (κ1) is 10.7. The minimum Gasteiger partial charge on any atom is -0.383 e. The van der Waals surface area contributed by atoms with Gasteiger partial charge in [0.25, 0.3) is 0 Å². The molecule has 0 radical (unpaired) electrons. The van der Waals surface area contributed by atoms with Crippen LogP contribution in [-0.4, -0.2) is 25.5 Å². The van der Waals surface area contributed by atoms with Crippen molar-refractivity contribution in [2.75, 3.05) is 19.6 Å². The number of hydrogen-bond acceptors (Lipinski definition) is 3. The number of likely N-dealkylation sites (N-methyl/N-ethyl adjacent to an activating group) is 1. The van der Waals surface area contributed by atoms with Crippen LogP contribution in [0.25, 0.3) is 5.70 Å². The molecule has 0 amide bonds. The zero-order chi connectivity index (χ0) is 11.2. The fourth-order valence-corrected chi connectivity index (χ4v) is 1.69. The lowest BCUT2D eigenvalue weighted by Crippen LogP contribution is -2.21. The average Bonchev–Trinajstić information content (AvgIpc) is 2.56. The van der Waals surface area contributed by atoms with E-state index in [0.717, 1.165) is 31.2 Å². The Balaban J connectivity index is 2.23. The maximum Gasteiger partial charge on any atom is 0.122 e. The molecule has 0 atom stereocenters. The third-order valence-electron chi connectivity index (χ3n) is 2.43. The van der Waals surface area contributed by atoms with Crippen molar-refractivity contribution in [3.05, 3.63) is 42.0 Å². The first-order valence-corrected chi connectivity index (χ1v) is 5.69. The molecule has 0 aliphatic carbocycles. The molecule has 84 valence electrons. The Bertz CT molecular complexity index is 393. The van der Waals surface area contributed by atoms with Gasteiger partial charge in [-0.2, -0.15) is 0 Å². The smallest absolute Gasteiger partial charge is 0.122 e. The summed E-state index contributed by atoms with van der Waals surface area (Å²) in [5.74, 6) is 0.964. The topological polar surface area (TPSA) is 36.4 Å². The van der Waals surface area contributed by atoms with Crippen LogP contribution in [0.4, 0.5) is 0 Å². The van der Waals surface area contributed by atoms with E-state index >= 15 is 0 Å². The summed E-state index contributed by atoms with van der Waals surface area (Å²) in [7, 11) is 0. The van der Waals surface area contributed by atoms with Crippen molar-refractivity contribution < 1.29 is 0 Å². The molecule has 3 heteroatoms. The first-order chi connectivity index (χ1) is 7.90. The van der Waals surface area contributed by atoms with Crippen molar-refractivity contribution in [1.82, 2.24) is 10.6 Å². The average molecular weight is 215 g/mol. The van der Waals surface area contributed by atoms with Crippen molar-refractivity contribution in [3.63, 3.8) is 0 Å². The van der Waals surface area contributed by atoms with Crippen LogP contribution in [-0.2, 0) is 0 Å². The van der Waals surface area contributed by atoms with E-state index < -0.39 is 0 Å². The van der Waals surface area contributed by atoms with E-state index in [4.69, 9.17) is 0 Å². The predicted molar refractivity (Wildman–Crippen MR) is 68.4 cm³/mol. The molecular formula is C13H17N3. The summed E-state index contributed by atoms with van der Waals surface area (Å²) in [6.45, 7) is 4.68. The van der Waals surface area contributed by atoms with Gasteiger partial charge in [-0.1, -0.05) is 30.3 Å². The Labute approximate surface area is 96.3 Å². The van der Waals surface area contributed by atoms with Gasteiger partial charge >= 0.3 is 0 Å². The molecule has 1 aliphatic heterocycles. The Morgan fingerprint density at radius 1 is 1.31 bits per heavy atom. The molecule has 0 spiro atoms. The van der Waals surface area contributed by atoms with Crippen LogP contribution < -0.4 is 10.6 Å². The monoisotopic (exact) mass is 215 g/mol. The van der Waals surface area contributed by atoms with E-state index in [1.807, 2.05) is 18.2 Å². The normalized spacial score (nSPS) is 15.6. The molecule has 2 rings (SSSR count). The van der Waals surface area contributed by atoms with Crippen LogP contribution in [0, 0.1) is 0 Å². The third kappa shape index (κ3) is 2.63. The maximum absolute atomic E-state index is 4.46. The summed E-state index contributed by atoms with van der Waals surface area (Å²) >= 11 is 0. The van der Waals surface area contributed by atoms with Gasteiger partial charge in [-0.05, 0) is 12.5 Å². The van der Waals surface area contributed by atoms with Crippen molar-refractivity contribution in [3.8, 4) is 0 Å². The van der Waals surface area contributed by atoms with Gasteiger partial charge in [0.15, 0.2) is 0 Å². The Morgan fingerprint density at radius 2 is 2.12 bits per heavy atom. The van der Waals surface area contributed by atoms with Gasteiger partial charge in [0.2, 0.25) is 0 Å². The lowest BCUT2D eigenvalue weighted by Gasteiger charge is -2.08. The molecule has 3 nitrogen and oxygen atoms in total. The molecule has 1 aromatic rings. The van der Waals surface area contributed by atoms with Gasteiger partial charge in [-0.3, -0.25) is 4.99 Å². The van der Waals surface area contributed by atoms with Crippen LogP contribution >= 0.6 is 0 Å². The minimum atomic E-state index is 0.815. The summed E-state index contributed by atoms with van der Waals surface area (Å²) < 4.78 is 0. The number of nitrogens with zero attached hydrogens (tertiary/aromatic N) is 1. The number of nitrogens with one attached hydrogen (secondary N) is 2. The van der Waals surface area contributed by atoms with E-state index in [1.54, 1.807) is 0 Å². The number of amidine groups is 1. The standard InChI is InChI=1S/C13H17N3/c1-2-14-13-10-12(15-8-9-16-13)11-6-4-3-5-7-11/h3-7,10,15H,2,8-9H2,1H3,(H,14,16). The van der Waals surface area contributed by atoms with Gasteiger partial charge in [-0.15, -0.1) is 0 Å². The number of hydrogen-bond donors (Lipinski definition) is 2. The van der Waals surface area contributed by atoms with Crippen LogP contribution in [0.15, 0.2) is 41.4 Å². The number of rotatable bonds is 2. The molecule has 1 aliphatic rings. The van der Waals surface area contributed by atoms with Crippen LogP contribution in [0.3, 0.4) is 0 Å². The summed E-state index contributed by atoms with van der Waals surface area (Å²) in [4.78, 5) is 4.46. The van der Waals surface area contributed by atoms with Gasteiger partial charge in [0.05, 0.1) is 6.54 Å². The SMILES string of the molecule is CCNC1=NCCNC(c2ccccc2)=C1. The number of aliphatic imine (C=N–C) groups is 1. The lowest BCUT2D eigenvalue weighted by molar-refractivity contribution is 0.860. The molecule has 0 aromatic heterocycles. The van der Waals surface area contributed by atoms with E-state index in [9.17, 15) is 0 Å². The highest BCUT2D eigenvalue weighted by Gasteiger charge is 2.05. The van der Waals surface area contributed by atoms with Crippen LogP contribution in [0.5, 0.6) is 0 Å². The summed E-state index contributed by atoms with van der Waals surface area (Å²) in [5, 5.41) is 6.65. The first-order valence-electron chi connectivity index (χ1n) is 5.69. The Kier molecular flexibility index (Phi) is 3.59. The fourth-order valence-electron chi connectivity index (χ4n) is 1.69. The molecule has 1 aromatic carbocycles. The Morgan fingerprint density at radius 3 is 2.88 bits per heavy atom. The van der Waals surface area contributed by atoms with Gasteiger partial charge in [-0.25, -0.2) is 0 Å². The molecule has 0 saturated carbocycles. The van der Waals surface area contributed by atoms with Gasteiger partial charge in [0.1, 0.15) is 5.84 Å². The van der Waals surface area contributed by atoms with Crippen LogP contribution in [0.1, 0.15) is 12.5 Å². The van der Waals surface area contributed by atoms with Crippen molar-refractivity contribution in [2.45, 2.75) is 6.92 Å². The van der Waals surface area contributed by atoms with E-state index in [1.165, 1.54) is 5.56 Å². The second-order valence-corrected chi connectivity index (χ2v) is 3.65. The minimum absolute atomic E-state index is 0.815. The van der Waals surface area contributed by atoms with Crippen molar-refractivity contribution in [2.24, 2.45) is 4.99 Å². The molecule has 1 heterocycles. The summed E-state index contributed by atoms with van der Waals surface area (Å²) in [6, 6.07) is 10.3. The van der Waals surface area contributed by atoms with Crippen molar-refractivity contribution >= 4 is 11.5 Å². The molecule has 2 N–H and O–H groups in total. The van der Waals surface area contributed by atoms with Crippen molar-refractivity contribution in [1.29, 1.82) is 0 Å². The molecule has 0 unspecified atom stereocenters. The zero-order valence-electron chi connectivity index (χ0n) is 9.53. The molecule has 0 fully saturated rings. The van der Waals surface area contributed by atoms with Gasteiger partial charge in [0, 0.05) is 24.9 Å². The second kappa shape index (κ2) is 5.35. The molecule has 16 heavy (non-hydrogen) atoms. The molecule has 0 saturated heterocycles. The highest BCUT2D eigenvalue weighted by Crippen LogP contribution is 2.11. The van der Waals surface area contributed by atoms with E-state index in [-0.39, 0.29) is 0 Å². The lowest BCUT2D eigenvalue weighted by atomic mass is 10.1. The van der Waals surface area contributed by atoms with E-state index in [2.05, 4.69) is 40.8 Å². The maximum atomic E-state index is 4.46. The number of benzene rings is 1. The summed E-state index contributed by atoms with van der Waals surface area (Å²) in [5.41, 5.74) is 2.34. The fraction of sp³-hybridized carbons (Fsp3) is 0.308. The van der Waals surface area contributed by atoms with E-state index in [0.29, 0.717) is 0 Å². The highest BCUT2D eigenvalue weighted by molar-refractivity contribution is 5.99. The Hall–Kier alpha value is -1.77. The summed E-state index contributed by atoms with van der Waals surface area (Å²) in [6.07, 6.45) is 2.08. The predicted octanol–water partition coefficient (Wildman–Crippen LogP) is 1.64. The third-order valence-corrected chi connectivity index (χ3v) is 2.43. The largest absolute Gasteiger partial charge is 0.383 e. The molecular weight excluding hydrogens is 198 g/mol. The van der Waals surface area contributed by atoms with Crippen LogP contribution in [0.2, 0.25) is 0 Å². The highest BCUT2D eigenvalue weighted by atomic mass is 15.0. The molecule has 0 bridgehead atoms. The zero-order valence-corrected chi connectivity index (χ0v) is 9.53. The second-order valence-electron chi connectivity index (χ2n) is 3.65. The quantitative estimate of drug-likeness (QED) is 0.787. The van der Waals surface area contributed by atoms with Gasteiger partial charge < -0.3 is 10.6 Å².